The molecule has 36 heavy (non-hydrogen) atoms. The minimum Gasteiger partial charge on any atom is -0.547 e. The first-order valence-corrected chi connectivity index (χ1v) is 18.7. The highest BCUT2D eigenvalue weighted by atomic mass is 28.4. The SMILES string of the molecule is COC(=O)N(Cc1ccccc1)C1C=C(O[Si](C)(C)C(C)(C)C)CC[C@]1(C=O)O[Si](C)(C)C(C)(C)C. The first-order chi connectivity index (χ1) is 16.4. The molecule has 0 heterocycles. The lowest BCUT2D eigenvalue weighted by atomic mass is 9.84. The molecule has 8 heteroatoms. The van der Waals surface area contributed by atoms with Crippen molar-refractivity contribution in [1.82, 2.24) is 4.90 Å². The van der Waals surface area contributed by atoms with E-state index in [1.165, 1.54) is 7.11 Å². The molecular weight excluding hydrogens is 486 g/mol. The number of methoxy groups -OCH3 is 1. The summed E-state index contributed by atoms with van der Waals surface area (Å²) in [5.41, 5.74) is -0.243. The van der Waals surface area contributed by atoms with Crippen molar-refractivity contribution >= 4 is 29.0 Å². The summed E-state index contributed by atoms with van der Waals surface area (Å²) in [5, 5.41) is -0.0863. The van der Waals surface area contributed by atoms with Crippen LogP contribution in [0.4, 0.5) is 4.79 Å². The Morgan fingerprint density at radius 2 is 1.58 bits per heavy atom. The summed E-state index contributed by atoms with van der Waals surface area (Å²) in [7, 11) is -3.13. The second-order valence-corrected chi connectivity index (χ2v) is 22.4. The molecule has 1 aromatic rings. The number of ether oxygens (including phenoxy) is 1. The summed E-state index contributed by atoms with van der Waals surface area (Å²) >= 11 is 0. The lowest BCUT2D eigenvalue weighted by molar-refractivity contribution is -0.128. The molecule has 0 fully saturated rings. The first kappa shape index (κ1) is 30.3. The average molecular weight is 534 g/mol. The molecule has 2 rings (SSSR count). The number of hydrogen-bond donors (Lipinski definition) is 0. The van der Waals surface area contributed by atoms with Gasteiger partial charge in [0.25, 0.3) is 0 Å². The number of carbonyl (C=O) groups excluding carboxylic acids is 2. The van der Waals surface area contributed by atoms with Crippen molar-refractivity contribution in [2.75, 3.05) is 7.11 Å². The first-order valence-electron chi connectivity index (χ1n) is 12.8. The summed E-state index contributed by atoms with van der Waals surface area (Å²) in [4.78, 5) is 27.8. The van der Waals surface area contributed by atoms with Crippen molar-refractivity contribution in [3.63, 3.8) is 0 Å². The van der Waals surface area contributed by atoms with E-state index in [2.05, 4.69) is 67.7 Å². The Morgan fingerprint density at radius 1 is 1.03 bits per heavy atom. The van der Waals surface area contributed by atoms with Crippen molar-refractivity contribution in [1.29, 1.82) is 0 Å². The summed E-state index contributed by atoms with van der Waals surface area (Å²) < 4.78 is 18.8. The Bertz CT molecular complexity index is 947. The van der Waals surface area contributed by atoms with Gasteiger partial charge in [-0.2, -0.15) is 0 Å². The van der Waals surface area contributed by atoms with Gasteiger partial charge in [-0.1, -0.05) is 71.9 Å². The van der Waals surface area contributed by atoms with Crippen LogP contribution in [0.25, 0.3) is 0 Å². The highest BCUT2D eigenvalue weighted by Gasteiger charge is 2.53. The van der Waals surface area contributed by atoms with Crippen molar-refractivity contribution in [2.24, 2.45) is 0 Å². The van der Waals surface area contributed by atoms with Crippen molar-refractivity contribution in [2.45, 2.75) is 109 Å². The van der Waals surface area contributed by atoms with Crippen molar-refractivity contribution < 1.29 is 23.2 Å². The van der Waals surface area contributed by atoms with E-state index in [1.54, 1.807) is 4.90 Å². The van der Waals surface area contributed by atoms with Gasteiger partial charge in [0, 0.05) is 13.0 Å². The maximum Gasteiger partial charge on any atom is 0.410 e. The van der Waals surface area contributed by atoms with E-state index < -0.39 is 34.4 Å². The van der Waals surface area contributed by atoms with E-state index in [4.69, 9.17) is 13.6 Å². The molecule has 1 amide bonds. The third-order valence-corrected chi connectivity index (χ3v) is 17.1. The molecule has 202 valence electrons. The van der Waals surface area contributed by atoms with Crippen LogP contribution in [-0.2, 0) is 24.9 Å². The smallest absolute Gasteiger partial charge is 0.410 e. The van der Waals surface area contributed by atoms with Crippen molar-refractivity contribution in [3.05, 3.63) is 47.7 Å². The predicted molar refractivity (Wildman–Crippen MR) is 151 cm³/mol. The quantitative estimate of drug-likeness (QED) is 0.259. The van der Waals surface area contributed by atoms with Crippen LogP contribution in [-0.4, -0.2) is 52.7 Å². The van der Waals surface area contributed by atoms with Crippen LogP contribution in [0.3, 0.4) is 0 Å². The minimum atomic E-state index is -2.38. The third-order valence-electron chi connectivity index (χ3n) is 8.19. The van der Waals surface area contributed by atoms with Crippen molar-refractivity contribution in [3.8, 4) is 0 Å². The second-order valence-electron chi connectivity index (χ2n) is 13.0. The Balaban J connectivity index is 2.65. The molecule has 0 radical (unpaired) electrons. The second kappa shape index (κ2) is 10.8. The molecule has 1 aliphatic carbocycles. The highest BCUT2D eigenvalue weighted by molar-refractivity contribution is 6.74. The fourth-order valence-corrected chi connectivity index (χ4v) is 6.51. The fraction of sp³-hybridized carbons (Fsp3) is 0.643. The van der Waals surface area contributed by atoms with Crippen LogP contribution >= 0.6 is 0 Å². The summed E-state index contributed by atoms with van der Waals surface area (Å²) in [5.74, 6) is 0.824. The summed E-state index contributed by atoms with van der Waals surface area (Å²) in [6.07, 6.45) is 3.38. The molecule has 0 aliphatic heterocycles. The van der Waals surface area contributed by atoms with Crippen LogP contribution in [0.5, 0.6) is 0 Å². The van der Waals surface area contributed by atoms with E-state index >= 15 is 0 Å². The van der Waals surface area contributed by atoms with Gasteiger partial charge in [0.15, 0.2) is 14.6 Å². The lowest BCUT2D eigenvalue weighted by Gasteiger charge is -2.50. The molecular formula is C28H47NO5Si2. The molecule has 6 nitrogen and oxygen atoms in total. The van der Waals surface area contributed by atoms with Gasteiger partial charge >= 0.3 is 6.09 Å². The molecule has 1 aliphatic rings. The van der Waals surface area contributed by atoms with E-state index in [0.717, 1.165) is 17.6 Å². The number of carbonyl (C=O) groups is 2. The maximum absolute atomic E-state index is 13.2. The molecule has 1 unspecified atom stereocenters. The monoisotopic (exact) mass is 533 g/mol. The van der Waals surface area contributed by atoms with Crippen LogP contribution in [0.2, 0.25) is 36.3 Å². The Hall–Kier alpha value is -1.91. The van der Waals surface area contributed by atoms with Gasteiger partial charge in [-0.05, 0) is 54.3 Å². The number of amides is 1. The molecule has 1 aromatic carbocycles. The van der Waals surface area contributed by atoms with Crippen LogP contribution in [0.1, 0.15) is 59.9 Å². The van der Waals surface area contributed by atoms with Crippen LogP contribution in [0.15, 0.2) is 42.2 Å². The normalized spacial score (nSPS) is 21.4. The van der Waals surface area contributed by atoms with Gasteiger partial charge in [-0.3, -0.25) is 4.90 Å². The van der Waals surface area contributed by atoms with Gasteiger partial charge in [-0.25, -0.2) is 4.79 Å². The van der Waals surface area contributed by atoms with Gasteiger partial charge in [0.05, 0.1) is 18.9 Å². The summed E-state index contributed by atoms with van der Waals surface area (Å²) in [6, 6.07) is 9.08. The van der Waals surface area contributed by atoms with E-state index in [9.17, 15) is 9.59 Å². The number of aldehydes is 1. The van der Waals surface area contributed by atoms with Gasteiger partial charge in [0.2, 0.25) is 8.32 Å². The van der Waals surface area contributed by atoms with E-state index in [0.29, 0.717) is 19.4 Å². The number of rotatable bonds is 8. The summed E-state index contributed by atoms with van der Waals surface area (Å²) in [6.45, 7) is 22.0. The largest absolute Gasteiger partial charge is 0.547 e. The lowest BCUT2D eigenvalue weighted by Crippen LogP contribution is -2.62. The number of allylic oxidation sites excluding steroid dienone is 1. The molecule has 0 aromatic heterocycles. The fourth-order valence-electron chi connectivity index (χ4n) is 3.85. The van der Waals surface area contributed by atoms with Crippen LogP contribution < -0.4 is 0 Å². The van der Waals surface area contributed by atoms with Gasteiger partial charge in [0.1, 0.15) is 5.60 Å². The van der Waals surface area contributed by atoms with Crippen LogP contribution in [0, 0.1) is 0 Å². The van der Waals surface area contributed by atoms with E-state index in [-0.39, 0.29) is 10.1 Å². The van der Waals surface area contributed by atoms with Gasteiger partial charge < -0.3 is 18.4 Å². The molecule has 0 bridgehead atoms. The number of hydrogen-bond acceptors (Lipinski definition) is 5. The molecule has 0 saturated heterocycles. The minimum absolute atomic E-state index is 0.0201. The zero-order chi connectivity index (χ0) is 27.6. The Kier molecular flexibility index (Phi) is 9.12. The number of benzene rings is 1. The molecule has 2 atom stereocenters. The van der Waals surface area contributed by atoms with E-state index in [1.807, 2.05) is 36.4 Å². The Morgan fingerprint density at radius 3 is 2.06 bits per heavy atom. The zero-order valence-corrected chi connectivity index (χ0v) is 26.2. The molecule has 0 spiro atoms. The Labute approximate surface area is 220 Å². The number of nitrogens with zero attached hydrogens (tertiary/aromatic N) is 1. The zero-order valence-electron chi connectivity index (χ0n) is 24.2. The standard InChI is InChI=1S/C28H47NO5Si2/c1-26(2,3)35(8,9)33-23-17-18-28(21-30,34-36(10,11)27(4,5)6)24(19-23)29(25(31)32-7)20-22-15-13-12-14-16-22/h12-16,19,21,24H,17-18,20H2,1-11H3/t24?,28-/m1/s1. The predicted octanol–water partition coefficient (Wildman–Crippen LogP) is 7.28. The maximum atomic E-state index is 13.2. The molecule has 0 N–H and O–H groups in total. The average Bonchev–Trinajstić information content (AvgIpc) is 2.77. The highest BCUT2D eigenvalue weighted by Crippen LogP contribution is 2.45. The van der Waals surface area contributed by atoms with Gasteiger partial charge in [-0.15, -0.1) is 0 Å². The topological polar surface area (TPSA) is 65.1 Å². The molecule has 0 saturated carbocycles. The third kappa shape index (κ3) is 6.69.